The zero-order valence-electron chi connectivity index (χ0n) is 14.9. The van der Waals surface area contributed by atoms with Crippen molar-refractivity contribution in [2.24, 2.45) is 0 Å². The number of benzene rings is 2. The number of rotatable bonds is 5. The van der Waals surface area contributed by atoms with Crippen LogP contribution < -0.4 is 14.8 Å². The summed E-state index contributed by atoms with van der Waals surface area (Å²) in [6, 6.07) is 19.2. The standard InChI is InChI=1S/C22H27NO2/c1-17(21-15-24-19-11-5-6-12-20(19)25-21)23-16-22(13-7-8-14-22)18-9-3-2-4-10-18/h2-6,9-12,17,21,23H,7-8,13-16H2,1H3. The molecule has 0 amide bonds. The number of ether oxygens (including phenoxy) is 2. The van der Waals surface area contributed by atoms with Crippen molar-refractivity contribution in [3.05, 3.63) is 60.2 Å². The van der Waals surface area contributed by atoms with Crippen LogP contribution in [0.3, 0.4) is 0 Å². The molecule has 0 aromatic heterocycles. The lowest BCUT2D eigenvalue weighted by molar-refractivity contribution is 0.0648. The highest BCUT2D eigenvalue weighted by Crippen LogP contribution is 2.40. The maximum Gasteiger partial charge on any atom is 0.161 e. The number of para-hydroxylation sites is 2. The van der Waals surface area contributed by atoms with E-state index < -0.39 is 0 Å². The van der Waals surface area contributed by atoms with Crippen LogP contribution >= 0.6 is 0 Å². The second kappa shape index (κ2) is 7.09. The van der Waals surface area contributed by atoms with Crippen LogP contribution in [0.25, 0.3) is 0 Å². The van der Waals surface area contributed by atoms with Gasteiger partial charge in [-0.25, -0.2) is 0 Å². The van der Waals surface area contributed by atoms with E-state index in [2.05, 4.69) is 42.6 Å². The van der Waals surface area contributed by atoms with Gasteiger partial charge in [0.15, 0.2) is 11.5 Å². The van der Waals surface area contributed by atoms with Crippen LogP contribution in [-0.2, 0) is 5.41 Å². The summed E-state index contributed by atoms with van der Waals surface area (Å²) in [5.74, 6) is 1.70. The average Bonchev–Trinajstić information content (AvgIpc) is 3.17. The lowest BCUT2D eigenvalue weighted by Gasteiger charge is -2.35. The zero-order chi connectivity index (χ0) is 17.1. The molecule has 132 valence electrons. The zero-order valence-corrected chi connectivity index (χ0v) is 14.9. The molecule has 2 aromatic rings. The van der Waals surface area contributed by atoms with Gasteiger partial charge in [-0.15, -0.1) is 0 Å². The molecule has 3 heteroatoms. The first kappa shape index (κ1) is 16.5. The van der Waals surface area contributed by atoms with Gasteiger partial charge in [0.2, 0.25) is 0 Å². The van der Waals surface area contributed by atoms with Crippen molar-refractivity contribution < 1.29 is 9.47 Å². The predicted molar refractivity (Wildman–Crippen MR) is 100 cm³/mol. The molecule has 0 radical (unpaired) electrons. The van der Waals surface area contributed by atoms with Gasteiger partial charge < -0.3 is 14.8 Å². The van der Waals surface area contributed by atoms with Gasteiger partial charge in [-0.3, -0.25) is 0 Å². The predicted octanol–water partition coefficient (Wildman–Crippen LogP) is 4.32. The molecule has 2 unspecified atom stereocenters. The fourth-order valence-electron chi connectivity index (χ4n) is 4.18. The van der Waals surface area contributed by atoms with E-state index in [4.69, 9.17) is 9.47 Å². The molecule has 1 fully saturated rings. The van der Waals surface area contributed by atoms with Crippen LogP contribution in [0.2, 0.25) is 0 Å². The first-order chi connectivity index (χ1) is 12.3. The molecule has 2 atom stereocenters. The van der Waals surface area contributed by atoms with Crippen molar-refractivity contribution in [3.63, 3.8) is 0 Å². The highest BCUT2D eigenvalue weighted by molar-refractivity contribution is 5.40. The Labute approximate surface area is 150 Å². The second-order valence-corrected chi connectivity index (χ2v) is 7.44. The minimum atomic E-state index is 0.0455. The normalized spacial score (nSPS) is 22.5. The highest BCUT2D eigenvalue weighted by atomic mass is 16.6. The fraction of sp³-hybridized carbons (Fsp3) is 0.455. The molecule has 1 aliphatic carbocycles. The Hall–Kier alpha value is -2.00. The highest BCUT2D eigenvalue weighted by Gasteiger charge is 2.36. The minimum absolute atomic E-state index is 0.0455. The van der Waals surface area contributed by atoms with E-state index in [1.54, 1.807) is 0 Å². The maximum absolute atomic E-state index is 6.16. The quantitative estimate of drug-likeness (QED) is 0.881. The summed E-state index contributed by atoms with van der Waals surface area (Å²) >= 11 is 0. The Kier molecular flexibility index (Phi) is 4.67. The third-order valence-electron chi connectivity index (χ3n) is 5.80. The van der Waals surface area contributed by atoms with Crippen LogP contribution in [-0.4, -0.2) is 25.3 Å². The molecule has 2 aromatic carbocycles. The Bertz CT molecular complexity index is 694. The molecule has 3 nitrogen and oxygen atoms in total. The lowest BCUT2D eigenvalue weighted by atomic mass is 9.78. The smallest absolute Gasteiger partial charge is 0.161 e. The van der Waals surface area contributed by atoms with Crippen LogP contribution in [0.4, 0.5) is 0 Å². The molecule has 1 aliphatic heterocycles. The fourth-order valence-corrected chi connectivity index (χ4v) is 4.18. The summed E-state index contributed by atoms with van der Waals surface area (Å²) in [6.07, 6.45) is 5.22. The first-order valence-corrected chi connectivity index (χ1v) is 9.44. The molecular formula is C22H27NO2. The molecule has 1 heterocycles. The number of hydrogen-bond donors (Lipinski definition) is 1. The van der Waals surface area contributed by atoms with Gasteiger partial charge in [-0.2, -0.15) is 0 Å². The summed E-state index contributed by atoms with van der Waals surface area (Å²) < 4.78 is 12.0. The van der Waals surface area contributed by atoms with E-state index in [0.29, 0.717) is 6.61 Å². The number of hydrogen-bond acceptors (Lipinski definition) is 3. The van der Waals surface area contributed by atoms with Crippen LogP contribution in [0.5, 0.6) is 11.5 Å². The van der Waals surface area contributed by atoms with Crippen LogP contribution in [0.15, 0.2) is 54.6 Å². The Morgan fingerprint density at radius 3 is 2.44 bits per heavy atom. The molecule has 0 saturated heterocycles. The molecule has 4 rings (SSSR count). The summed E-state index contributed by atoms with van der Waals surface area (Å²) in [5.41, 5.74) is 1.74. The number of nitrogens with one attached hydrogen (secondary N) is 1. The molecule has 25 heavy (non-hydrogen) atoms. The Morgan fingerprint density at radius 2 is 1.68 bits per heavy atom. The maximum atomic E-state index is 6.16. The summed E-state index contributed by atoms with van der Waals surface area (Å²) in [7, 11) is 0. The van der Waals surface area contributed by atoms with E-state index in [-0.39, 0.29) is 17.6 Å². The van der Waals surface area contributed by atoms with Crippen molar-refractivity contribution in [1.82, 2.24) is 5.32 Å². The first-order valence-electron chi connectivity index (χ1n) is 9.44. The van der Waals surface area contributed by atoms with Crippen LogP contribution in [0.1, 0.15) is 38.2 Å². The second-order valence-electron chi connectivity index (χ2n) is 7.44. The monoisotopic (exact) mass is 337 g/mol. The minimum Gasteiger partial charge on any atom is -0.486 e. The average molecular weight is 337 g/mol. The molecule has 2 aliphatic rings. The van der Waals surface area contributed by atoms with Crippen molar-refractivity contribution in [2.45, 2.75) is 50.2 Å². The Morgan fingerprint density at radius 1 is 1.00 bits per heavy atom. The van der Waals surface area contributed by atoms with E-state index in [1.165, 1.54) is 31.2 Å². The molecular weight excluding hydrogens is 310 g/mol. The van der Waals surface area contributed by atoms with Gasteiger partial charge >= 0.3 is 0 Å². The Balaban J connectivity index is 1.42. The van der Waals surface area contributed by atoms with Gasteiger partial charge in [-0.05, 0) is 37.5 Å². The number of fused-ring (bicyclic) bond motifs is 1. The topological polar surface area (TPSA) is 30.5 Å². The van der Waals surface area contributed by atoms with Gasteiger partial charge in [-0.1, -0.05) is 55.3 Å². The summed E-state index contributed by atoms with van der Waals surface area (Å²) in [6.45, 7) is 3.80. The molecule has 1 N–H and O–H groups in total. The van der Waals surface area contributed by atoms with E-state index in [1.807, 2.05) is 24.3 Å². The van der Waals surface area contributed by atoms with Gasteiger partial charge in [0, 0.05) is 18.0 Å². The largest absolute Gasteiger partial charge is 0.486 e. The molecule has 0 bridgehead atoms. The van der Waals surface area contributed by atoms with Crippen LogP contribution in [0, 0.1) is 0 Å². The van der Waals surface area contributed by atoms with E-state index >= 15 is 0 Å². The van der Waals surface area contributed by atoms with Gasteiger partial charge in [0.05, 0.1) is 0 Å². The van der Waals surface area contributed by atoms with Crippen molar-refractivity contribution >= 4 is 0 Å². The van der Waals surface area contributed by atoms with E-state index in [0.717, 1.165) is 18.0 Å². The SMILES string of the molecule is CC(NCC1(c2ccccc2)CCCC1)C1COc2ccccc2O1. The molecule has 0 spiro atoms. The third-order valence-corrected chi connectivity index (χ3v) is 5.80. The van der Waals surface area contributed by atoms with Crippen molar-refractivity contribution in [2.75, 3.05) is 13.2 Å². The van der Waals surface area contributed by atoms with Gasteiger partial charge in [0.25, 0.3) is 0 Å². The lowest BCUT2D eigenvalue weighted by Crippen LogP contribution is -2.49. The van der Waals surface area contributed by atoms with Gasteiger partial charge in [0.1, 0.15) is 12.7 Å². The van der Waals surface area contributed by atoms with Crippen molar-refractivity contribution in [3.8, 4) is 11.5 Å². The summed E-state index contributed by atoms with van der Waals surface area (Å²) in [5, 5.41) is 3.76. The summed E-state index contributed by atoms with van der Waals surface area (Å²) in [4.78, 5) is 0. The van der Waals surface area contributed by atoms with E-state index in [9.17, 15) is 0 Å². The molecule has 1 saturated carbocycles. The van der Waals surface area contributed by atoms with Crippen molar-refractivity contribution in [1.29, 1.82) is 0 Å². The third kappa shape index (κ3) is 3.38.